The Morgan fingerprint density at radius 2 is 2.08 bits per heavy atom. The van der Waals surface area contributed by atoms with Gasteiger partial charge in [-0.15, -0.1) is 11.3 Å². The predicted molar refractivity (Wildman–Crippen MR) is 92.6 cm³/mol. The molecule has 0 saturated carbocycles. The minimum absolute atomic E-state index is 0.0936. The highest BCUT2D eigenvalue weighted by atomic mass is 32.1. The molecule has 1 aliphatic rings. The van der Waals surface area contributed by atoms with Crippen LogP contribution in [0.15, 0.2) is 35.8 Å². The van der Waals surface area contributed by atoms with Gasteiger partial charge in [0.1, 0.15) is 5.82 Å². The first-order valence-corrected chi connectivity index (χ1v) is 8.50. The summed E-state index contributed by atoms with van der Waals surface area (Å²) in [4.78, 5) is 30.7. The number of nitrogens with one attached hydrogen (secondary N) is 2. The highest BCUT2D eigenvalue weighted by molar-refractivity contribution is 7.12. The highest BCUT2D eigenvalue weighted by Crippen LogP contribution is 2.16. The Balaban J connectivity index is 1.48. The molecule has 2 N–H and O–H groups in total. The van der Waals surface area contributed by atoms with Crippen molar-refractivity contribution in [2.24, 2.45) is 0 Å². The van der Waals surface area contributed by atoms with Crippen LogP contribution in [-0.2, 0) is 9.53 Å². The molecule has 2 aromatic rings. The topological polar surface area (TPSA) is 83.6 Å². The number of hydrogen-bond acceptors (Lipinski definition) is 6. The van der Waals surface area contributed by atoms with Crippen LogP contribution in [0, 0.1) is 0 Å². The van der Waals surface area contributed by atoms with E-state index in [-0.39, 0.29) is 18.4 Å². The summed E-state index contributed by atoms with van der Waals surface area (Å²) in [5.74, 6) is -0.107. The molecule has 0 aromatic carbocycles. The maximum Gasteiger partial charge on any atom is 0.261 e. The first kappa shape index (κ1) is 16.4. The highest BCUT2D eigenvalue weighted by Gasteiger charge is 2.12. The van der Waals surface area contributed by atoms with E-state index in [2.05, 4.69) is 20.5 Å². The molecule has 1 fully saturated rings. The fraction of sp³-hybridized carbons (Fsp3) is 0.312. The van der Waals surface area contributed by atoms with Crippen molar-refractivity contribution >= 4 is 34.7 Å². The van der Waals surface area contributed by atoms with Gasteiger partial charge in [-0.3, -0.25) is 9.59 Å². The lowest BCUT2D eigenvalue weighted by Gasteiger charge is -2.28. The van der Waals surface area contributed by atoms with Crippen molar-refractivity contribution in [3.05, 3.63) is 40.7 Å². The number of thiophene rings is 1. The number of hydrogen-bond donors (Lipinski definition) is 2. The number of aromatic nitrogens is 1. The number of anilines is 2. The summed E-state index contributed by atoms with van der Waals surface area (Å²) < 4.78 is 5.32. The monoisotopic (exact) mass is 346 g/mol. The molecule has 24 heavy (non-hydrogen) atoms. The largest absolute Gasteiger partial charge is 0.378 e. The lowest BCUT2D eigenvalue weighted by molar-refractivity contribution is -0.115. The molecule has 8 heteroatoms. The van der Waals surface area contributed by atoms with Gasteiger partial charge in [-0.1, -0.05) is 6.07 Å². The first-order chi connectivity index (χ1) is 11.7. The van der Waals surface area contributed by atoms with Crippen molar-refractivity contribution in [3.63, 3.8) is 0 Å². The zero-order chi connectivity index (χ0) is 16.8. The molecule has 7 nitrogen and oxygen atoms in total. The van der Waals surface area contributed by atoms with E-state index in [0.717, 1.165) is 18.8 Å². The van der Waals surface area contributed by atoms with Crippen molar-refractivity contribution in [1.82, 2.24) is 10.3 Å². The standard InChI is InChI=1S/C16H18N4O3S/c21-15(11-18-16(22)13-2-1-9-24-13)19-14-4-3-12(10-17-14)20-5-7-23-8-6-20/h1-4,9-10H,5-8,11H2,(H,18,22)(H,17,19,21). The molecule has 1 aliphatic heterocycles. The third-order valence-electron chi connectivity index (χ3n) is 3.55. The second-order valence-electron chi connectivity index (χ2n) is 5.21. The second kappa shape index (κ2) is 7.89. The molecule has 2 aromatic heterocycles. The summed E-state index contributed by atoms with van der Waals surface area (Å²) in [5, 5.41) is 7.06. The summed E-state index contributed by atoms with van der Waals surface area (Å²) in [6, 6.07) is 7.17. The van der Waals surface area contributed by atoms with Crippen LogP contribution in [0.3, 0.4) is 0 Å². The molecule has 0 radical (unpaired) electrons. The number of amides is 2. The minimum atomic E-state index is -0.313. The molecule has 3 rings (SSSR count). The Bertz CT molecular complexity index is 682. The van der Waals surface area contributed by atoms with Gasteiger partial charge >= 0.3 is 0 Å². The Morgan fingerprint density at radius 1 is 1.25 bits per heavy atom. The third kappa shape index (κ3) is 4.30. The third-order valence-corrected chi connectivity index (χ3v) is 4.41. The van der Waals surface area contributed by atoms with Crippen LogP contribution in [0.1, 0.15) is 9.67 Å². The Hall–Kier alpha value is -2.45. The maximum atomic E-state index is 11.9. The molecular weight excluding hydrogens is 328 g/mol. The number of carbonyl (C=O) groups is 2. The number of nitrogens with zero attached hydrogens (tertiary/aromatic N) is 2. The van der Waals surface area contributed by atoms with Crippen LogP contribution in [0.5, 0.6) is 0 Å². The Morgan fingerprint density at radius 3 is 2.75 bits per heavy atom. The number of ether oxygens (including phenoxy) is 1. The van der Waals surface area contributed by atoms with Gasteiger partial charge in [-0.05, 0) is 23.6 Å². The maximum absolute atomic E-state index is 11.9. The SMILES string of the molecule is O=C(CNC(=O)c1cccs1)Nc1ccc(N2CCOCC2)cn1. The molecule has 3 heterocycles. The van der Waals surface area contributed by atoms with E-state index < -0.39 is 0 Å². The normalized spacial score (nSPS) is 14.2. The van der Waals surface area contributed by atoms with Crippen LogP contribution >= 0.6 is 11.3 Å². The zero-order valence-electron chi connectivity index (χ0n) is 13.0. The summed E-state index contributed by atoms with van der Waals surface area (Å²) in [5.41, 5.74) is 1.00. The van der Waals surface area contributed by atoms with E-state index in [1.165, 1.54) is 11.3 Å². The van der Waals surface area contributed by atoms with Gasteiger partial charge in [0.15, 0.2) is 0 Å². The van der Waals surface area contributed by atoms with E-state index in [4.69, 9.17) is 4.74 Å². The van der Waals surface area contributed by atoms with Crippen molar-refractivity contribution in [3.8, 4) is 0 Å². The first-order valence-electron chi connectivity index (χ1n) is 7.63. The number of carbonyl (C=O) groups excluding carboxylic acids is 2. The van der Waals surface area contributed by atoms with Gasteiger partial charge < -0.3 is 20.3 Å². The average Bonchev–Trinajstić information content (AvgIpc) is 3.16. The molecule has 1 saturated heterocycles. The molecule has 2 amide bonds. The Labute approximate surface area is 143 Å². The summed E-state index contributed by atoms with van der Waals surface area (Å²) in [6.07, 6.45) is 1.73. The smallest absolute Gasteiger partial charge is 0.261 e. The number of rotatable bonds is 5. The fourth-order valence-electron chi connectivity index (χ4n) is 2.31. The van der Waals surface area contributed by atoms with Gasteiger partial charge in [0.2, 0.25) is 5.91 Å². The van der Waals surface area contributed by atoms with E-state index in [1.54, 1.807) is 24.4 Å². The molecule has 126 valence electrons. The quantitative estimate of drug-likeness (QED) is 0.854. The molecule has 0 atom stereocenters. The van der Waals surface area contributed by atoms with Crippen LogP contribution in [-0.4, -0.2) is 49.6 Å². The molecule has 0 spiro atoms. The Kier molecular flexibility index (Phi) is 5.39. The van der Waals surface area contributed by atoms with Crippen LogP contribution in [0.2, 0.25) is 0 Å². The fourth-order valence-corrected chi connectivity index (χ4v) is 2.95. The summed E-state index contributed by atoms with van der Waals surface area (Å²) >= 11 is 1.33. The lowest BCUT2D eigenvalue weighted by Crippen LogP contribution is -2.36. The van der Waals surface area contributed by atoms with Gasteiger partial charge in [0.25, 0.3) is 5.91 Å². The van der Waals surface area contributed by atoms with Crippen LogP contribution in [0.4, 0.5) is 11.5 Å². The molecule has 0 unspecified atom stereocenters. The molecular formula is C16H18N4O3S. The van der Waals surface area contributed by atoms with Gasteiger partial charge in [0.05, 0.1) is 36.5 Å². The van der Waals surface area contributed by atoms with Crippen molar-refractivity contribution in [2.45, 2.75) is 0 Å². The summed E-state index contributed by atoms with van der Waals surface area (Å²) in [6.45, 7) is 3.00. The molecule has 0 bridgehead atoms. The van der Waals surface area contributed by atoms with Crippen LogP contribution in [0.25, 0.3) is 0 Å². The second-order valence-corrected chi connectivity index (χ2v) is 6.16. The average molecular weight is 346 g/mol. The predicted octanol–water partition coefficient (Wildman–Crippen LogP) is 1.35. The van der Waals surface area contributed by atoms with E-state index in [0.29, 0.717) is 23.9 Å². The lowest BCUT2D eigenvalue weighted by atomic mass is 10.3. The van der Waals surface area contributed by atoms with Crippen molar-refractivity contribution in [2.75, 3.05) is 43.1 Å². The van der Waals surface area contributed by atoms with E-state index in [1.807, 2.05) is 11.4 Å². The number of morpholine rings is 1. The van der Waals surface area contributed by atoms with Gasteiger partial charge in [-0.25, -0.2) is 4.98 Å². The van der Waals surface area contributed by atoms with Gasteiger partial charge in [-0.2, -0.15) is 0 Å². The van der Waals surface area contributed by atoms with Crippen molar-refractivity contribution in [1.29, 1.82) is 0 Å². The minimum Gasteiger partial charge on any atom is -0.378 e. The van der Waals surface area contributed by atoms with E-state index in [9.17, 15) is 9.59 Å². The van der Waals surface area contributed by atoms with Crippen molar-refractivity contribution < 1.29 is 14.3 Å². The van der Waals surface area contributed by atoms with E-state index >= 15 is 0 Å². The van der Waals surface area contributed by atoms with Gasteiger partial charge in [0, 0.05) is 13.1 Å². The number of pyridine rings is 1. The molecule has 0 aliphatic carbocycles. The summed E-state index contributed by atoms with van der Waals surface area (Å²) in [7, 11) is 0. The zero-order valence-corrected chi connectivity index (χ0v) is 13.8. The van der Waals surface area contributed by atoms with Crippen LogP contribution < -0.4 is 15.5 Å².